The zero-order valence-electron chi connectivity index (χ0n) is 14.0. The molecule has 5 heteroatoms. The van der Waals surface area contributed by atoms with Crippen LogP contribution in [0, 0.1) is 5.92 Å². The molecule has 1 unspecified atom stereocenters. The number of amides is 1. The van der Waals surface area contributed by atoms with Crippen molar-refractivity contribution in [2.45, 2.75) is 50.7 Å². The van der Waals surface area contributed by atoms with Crippen LogP contribution < -0.4 is 10.1 Å². The highest BCUT2D eigenvalue weighted by Gasteiger charge is 2.34. The molecule has 1 aliphatic heterocycles. The molecule has 1 saturated heterocycles. The molecule has 3 aliphatic rings. The summed E-state index contributed by atoms with van der Waals surface area (Å²) in [5.74, 6) is 1.24. The highest BCUT2D eigenvalue weighted by atomic mass is 35.5. The minimum absolute atomic E-state index is 0.0833. The van der Waals surface area contributed by atoms with Gasteiger partial charge in [-0.15, -0.1) is 0 Å². The van der Waals surface area contributed by atoms with Crippen LogP contribution in [0.15, 0.2) is 18.2 Å². The van der Waals surface area contributed by atoms with Crippen molar-refractivity contribution in [2.75, 3.05) is 19.6 Å². The summed E-state index contributed by atoms with van der Waals surface area (Å²) in [6, 6.07) is 6.21. The topological polar surface area (TPSA) is 41.6 Å². The lowest BCUT2D eigenvalue weighted by molar-refractivity contribution is 0.0947. The average Bonchev–Trinajstić information content (AvgIpc) is 3.27. The van der Waals surface area contributed by atoms with Gasteiger partial charge >= 0.3 is 0 Å². The third-order valence-electron chi connectivity index (χ3n) is 5.47. The van der Waals surface area contributed by atoms with E-state index in [1.54, 1.807) is 12.1 Å². The van der Waals surface area contributed by atoms with Crippen molar-refractivity contribution in [2.24, 2.45) is 5.92 Å². The lowest BCUT2D eigenvalue weighted by Gasteiger charge is -2.26. The summed E-state index contributed by atoms with van der Waals surface area (Å²) in [5, 5.41) is 3.52. The number of hydrogen-bond donors (Lipinski definition) is 1. The van der Waals surface area contributed by atoms with E-state index in [-0.39, 0.29) is 5.91 Å². The summed E-state index contributed by atoms with van der Waals surface area (Å²) in [6.45, 7) is 3.03. The highest BCUT2D eigenvalue weighted by Crippen LogP contribution is 2.32. The first-order chi connectivity index (χ1) is 11.7. The Labute approximate surface area is 148 Å². The molecule has 1 N–H and O–H groups in total. The first kappa shape index (κ1) is 16.2. The summed E-state index contributed by atoms with van der Waals surface area (Å²) in [5.41, 5.74) is 0.537. The molecule has 1 aromatic rings. The van der Waals surface area contributed by atoms with Gasteiger partial charge in [0.1, 0.15) is 5.75 Å². The van der Waals surface area contributed by atoms with E-state index in [0.717, 1.165) is 37.7 Å². The summed E-state index contributed by atoms with van der Waals surface area (Å²) >= 11 is 6.29. The second-order valence-corrected chi connectivity index (χ2v) is 7.81. The number of carbonyl (C=O) groups is 1. The molecule has 1 amide bonds. The summed E-state index contributed by atoms with van der Waals surface area (Å²) in [6.07, 6.45) is 7.65. The molecule has 4 rings (SSSR count). The Hall–Kier alpha value is -1.26. The molecule has 1 atom stereocenters. The Morgan fingerprint density at radius 2 is 2.08 bits per heavy atom. The number of benzene rings is 1. The average molecular weight is 349 g/mol. The number of ether oxygens (including phenoxy) is 1. The van der Waals surface area contributed by atoms with E-state index in [0.29, 0.717) is 22.6 Å². The van der Waals surface area contributed by atoms with E-state index < -0.39 is 0 Å². The number of halogens is 1. The zero-order valence-corrected chi connectivity index (χ0v) is 14.7. The maximum Gasteiger partial charge on any atom is 0.252 e. The molecule has 0 radical (unpaired) electrons. The summed E-state index contributed by atoms with van der Waals surface area (Å²) < 4.78 is 5.83. The predicted octanol–water partition coefficient (Wildman–Crippen LogP) is 3.49. The Bertz CT molecular complexity index is 613. The molecule has 24 heavy (non-hydrogen) atoms. The van der Waals surface area contributed by atoms with Crippen LogP contribution in [0.2, 0.25) is 5.02 Å². The monoisotopic (exact) mass is 348 g/mol. The van der Waals surface area contributed by atoms with Gasteiger partial charge in [-0.05, 0) is 69.2 Å². The normalized spacial score (nSPS) is 24.6. The largest absolute Gasteiger partial charge is 0.490 e. The van der Waals surface area contributed by atoms with E-state index >= 15 is 0 Å². The van der Waals surface area contributed by atoms with Gasteiger partial charge in [0, 0.05) is 19.1 Å². The van der Waals surface area contributed by atoms with Crippen molar-refractivity contribution >= 4 is 17.5 Å². The first-order valence-corrected chi connectivity index (χ1v) is 9.55. The second-order valence-electron chi connectivity index (χ2n) is 7.40. The van der Waals surface area contributed by atoms with Gasteiger partial charge in [0.2, 0.25) is 0 Å². The first-order valence-electron chi connectivity index (χ1n) is 9.17. The van der Waals surface area contributed by atoms with Crippen molar-refractivity contribution in [1.29, 1.82) is 0 Å². The van der Waals surface area contributed by atoms with Gasteiger partial charge in [-0.25, -0.2) is 0 Å². The lowest BCUT2D eigenvalue weighted by Crippen LogP contribution is -2.31. The molecule has 2 aliphatic carbocycles. The van der Waals surface area contributed by atoms with Crippen molar-refractivity contribution < 1.29 is 9.53 Å². The van der Waals surface area contributed by atoms with E-state index in [9.17, 15) is 4.79 Å². The Kier molecular flexibility index (Phi) is 4.68. The molecule has 1 aromatic carbocycles. The minimum Gasteiger partial charge on any atom is -0.490 e. The molecule has 0 bridgehead atoms. The number of nitrogens with one attached hydrogen (secondary N) is 1. The predicted molar refractivity (Wildman–Crippen MR) is 94.8 cm³/mol. The highest BCUT2D eigenvalue weighted by molar-refractivity contribution is 6.34. The van der Waals surface area contributed by atoms with Crippen LogP contribution in [0.4, 0.5) is 0 Å². The SMILES string of the molecule is O=C(NCC1CCN(C2CC2)C1)c1ccc(OC2CCC2)cc1Cl. The fourth-order valence-corrected chi connectivity index (χ4v) is 3.82. The fourth-order valence-electron chi connectivity index (χ4n) is 3.57. The number of hydrogen-bond acceptors (Lipinski definition) is 3. The maximum absolute atomic E-state index is 12.4. The van der Waals surface area contributed by atoms with Gasteiger partial charge in [-0.1, -0.05) is 11.6 Å². The Balaban J connectivity index is 1.29. The van der Waals surface area contributed by atoms with Crippen LogP contribution in [0.1, 0.15) is 48.9 Å². The maximum atomic E-state index is 12.4. The van der Waals surface area contributed by atoms with Crippen molar-refractivity contribution in [3.8, 4) is 5.75 Å². The fraction of sp³-hybridized carbons (Fsp3) is 0.632. The Morgan fingerprint density at radius 3 is 2.75 bits per heavy atom. The molecule has 0 spiro atoms. The molecule has 4 nitrogen and oxygen atoms in total. The Morgan fingerprint density at radius 1 is 1.25 bits per heavy atom. The van der Waals surface area contributed by atoms with Crippen LogP contribution in [0.5, 0.6) is 5.75 Å². The molecule has 3 fully saturated rings. The van der Waals surface area contributed by atoms with Gasteiger partial charge in [-0.3, -0.25) is 4.79 Å². The van der Waals surface area contributed by atoms with Crippen molar-refractivity contribution in [3.63, 3.8) is 0 Å². The number of rotatable bonds is 6. The smallest absolute Gasteiger partial charge is 0.252 e. The van der Waals surface area contributed by atoms with Crippen LogP contribution >= 0.6 is 11.6 Å². The standard InChI is InChI=1S/C19H25ClN2O2/c20-18-10-16(24-15-2-1-3-15)6-7-17(18)19(23)21-11-13-8-9-22(12-13)14-4-5-14/h6-7,10,13-15H,1-5,8-9,11-12H2,(H,21,23). The van der Waals surface area contributed by atoms with Crippen LogP contribution in [-0.2, 0) is 0 Å². The molecule has 0 aromatic heterocycles. The van der Waals surface area contributed by atoms with Gasteiger partial charge in [0.15, 0.2) is 0 Å². The van der Waals surface area contributed by atoms with Crippen molar-refractivity contribution in [3.05, 3.63) is 28.8 Å². The molecular weight excluding hydrogens is 324 g/mol. The van der Waals surface area contributed by atoms with Crippen LogP contribution in [-0.4, -0.2) is 42.6 Å². The van der Waals surface area contributed by atoms with Gasteiger partial charge < -0.3 is 15.0 Å². The van der Waals surface area contributed by atoms with E-state index in [2.05, 4.69) is 10.2 Å². The third kappa shape index (κ3) is 3.70. The third-order valence-corrected chi connectivity index (χ3v) is 5.78. The van der Waals surface area contributed by atoms with E-state index in [4.69, 9.17) is 16.3 Å². The molecule has 130 valence electrons. The van der Waals surface area contributed by atoms with E-state index in [1.807, 2.05) is 6.07 Å². The van der Waals surface area contributed by atoms with Gasteiger partial charge in [-0.2, -0.15) is 0 Å². The number of carbonyl (C=O) groups excluding carboxylic acids is 1. The number of nitrogens with zero attached hydrogens (tertiary/aromatic N) is 1. The van der Waals surface area contributed by atoms with Gasteiger partial charge in [0.05, 0.1) is 16.7 Å². The van der Waals surface area contributed by atoms with Crippen LogP contribution in [0.3, 0.4) is 0 Å². The van der Waals surface area contributed by atoms with Crippen LogP contribution in [0.25, 0.3) is 0 Å². The number of likely N-dealkylation sites (tertiary alicyclic amines) is 1. The van der Waals surface area contributed by atoms with E-state index in [1.165, 1.54) is 32.2 Å². The molecule has 2 saturated carbocycles. The second kappa shape index (κ2) is 6.93. The van der Waals surface area contributed by atoms with Crippen molar-refractivity contribution in [1.82, 2.24) is 10.2 Å². The summed E-state index contributed by atoms with van der Waals surface area (Å²) in [7, 11) is 0. The lowest BCUT2D eigenvalue weighted by atomic mass is 9.96. The quantitative estimate of drug-likeness (QED) is 0.855. The molecule has 1 heterocycles. The van der Waals surface area contributed by atoms with Gasteiger partial charge in [0.25, 0.3) is 5.91 Å². The zero-order chi connectivity index (χ0) is 16.5. The molecular formula is C19H25ClN2O2. The minimum atomic E-state index is -0.0833. The summed E-state index contributed by atoms with van der Waals surface area (Å²) in [4.78, 5) is 15.0.